The summed E-state index contributed by atoms with van der Waals surface area (Å²) in [6.07, 6.45) is -0.478. The molecule has 8 heteroatoms. The van der Waals surface area contributed by atoms with E-state index in [0.29, 0.717) is 23.1 Å². The molecule has 1 aromatic rings. The van der Waals surface area contributed by atoms with Gasteiger partial charge in [-0.15, -0.1) is 0 Å². The number of carbonyl (C=O) groups is 1. The number of rotatable bonds is 5. The zero-order chi connectivity index (χ0) is 16.9. The minimum Gasteiger partial charge on any atom is -0.444 e. The van der Waals surface area contributed by atoms with Gasteiger partial charge in [0.15, 0.2) is 0 Å². The summed E-state index contributed by atoms with van der Waals surface area (Å²) in [6.45, 7) is 7.89. The molecule has 0 aromatic heterocycles. The first kappa shape index (κ1) is 18.2. The van der Waals surface area contributed by atoms with Crippen molar-refractivity contribution in [3.8, 4) is 0 Å². The first-order chi connectivity index (χ1) is 10.1. The molecule has 22 heavy (non-hydrogen) atoms. The fraction of sp³-hybridized carbons (Fsp3) is 0.500. The predicted octanol–water partition coefficient (Wildman–Crippen LogP) is 3.60. The fourth-order valence-corrected chi connectivity index (χ4v) is 2.15. The summed E-state index contributed by atoms with van der Waals surface area (Å²) in [4.78, 5) is 21.9. The van der Waals surface area contributed by atoms with E-state index >= 15 is 0 Å². The van der Waals surface area contributed by atoms with Crippen molar-refractivity contribution in [2.75, 3.05) is 18.4 Å². The standard InChI is InChI=1S/C14H20BrN3O4/c1-9-7-11(10(15)8-12(9)18(20)21)16-5-6-17-13(19)22-14(2,3)4/h7-8,16H,5-6H2,1-4H3,(H,17,19). The number of hydrogen-bond donors (Lipinski definition) is 2. The highest BCUT2D eigenvalue weighted by atomic mass is 79.9. The van der Waals surface area contributed by atoms with Crippen LogP contribution >= 0.6 is 15.9 Å². The second-order valence-corrected chi connectivity index (χ2v) is 6.59. The van der Waals surface area contributed by atoms with Crippen molar-refractivity contribution in [2.24, 2.45) is 0 Å². The molecule has 1 amide bonds. The minimum absolute atomic E-state index is 0.0595. The van der Waals surface area contributed by atoms with Gasteiger partial charge in [-0.1, -0.05) is 0 Å². The van der Waals surface area contributed by atoms with Crippen molar-refractivity contribution in [2.45, 2.75) is 33.3 Å². The largest absolute Gasteiger partial charge is 0.444 e. The first-order valence-corrected chi connectivity index (χ1v) is 7.54. The van der Waals surface area contributed by atoms with E-state index in [9.17, 15) is 14.9 Å². The molecule has 0 bridgehead atoms. The number of aryl methyl sites for hydroxylation is 1. The van der Waals surface area contributed by atoms with E-state index in [-0.39, 0.29) is 5.69 Å². The highest BCUT2D eigenvalue weighted by Gasteiger charge is 2.16. The van der Waals surface area contributed by atoms with Crippen molar-refractivity contribution in [1.29, 1.82) is 0 Å². The SMILES string of the molecule is Cc1cc(NCCNC(=O)OC(C)(C)C)c(Br)cc1[N+](=O)[O-]. The van der Waals surface area contributed by atoms with Crippen LogP contribution in [0.25, 0.3) is 0 Å². The Morgan fingerprint density at radius 2 is 2.00 bits per heavy atom. The minimum atomic E-state index is -0.532. The molecule has 0 atom stereocenters. The van der Waals surface area contributed by atoms with Gasteiger partial charge in [-0.05, 0) is 49.7 Å². The van der Waals surface area contributed by atoms with Crippen molar-refractivity contribution in [3.05, 3.63) is 32.3 Å². The quantitative estimate of drug-likeness (QED) is 0.467. The number of halogens is 1. The summed E-state index contributed by atoms with van der Waals surface area (Å²) in [5, 5.41) is 16.6. The van der Waals surface area contributed by atoms with Gasteiger partial charge >= 0.3 is 6.09 Å². The molecule has 0 fully saturated rings. The van der Waals surface area contributed by atoms with Gasteiger partial charge in [0.05, 0.1) is 4.92 Å². The Bertz CT molecular complexity index is 570. The maximum atomic E-state index is 11.5. The average Bonchev–Trinajstić information content (AvgIpc) is 2.35. The van der Waals surface area contributed by atoms with E-state index in [1.54, 1.807) is 33.8 Å². The molecule has 0 saturated carbocycles. The van der Waals surface area contributed by atoms with Crippen molar-refractivity contribution in [1.82, 2.24) is 5.32 Å². The highest BCUT2D eigenvalue weighted by Crippen LogP contribution is 2.30. The van der Waals surface area contributed by atoms with E-state index < -0.39 is 16.6 Å². The number of nitrogens with zero attached hydrogens (tertiary/aromatic N) is 1. The van der Waals surface area contributed by atoms with Crippen molar-refractivity contribution in [3.63, 3.8) is 0 Å². The number of nitro groups is 1. The van der Waals surface area contributed by atoms with E-state index in [4.69, 9.17) is 4.74 Å². The van der Waals surface area contributed by atoms with Crippen LogP contribution in [0.15, 0.2) is 16.6 Å². The van der Waals surface area contributed by atoms with Crippen LogP contribution in [0.2, 0.25) is 0 Å². The molecule has 122 valence electrons. The molecule has 0 aliphatic heterocycles. The normalized spacial score (nSPS) is 11.0. The van der Waals surface area contributed by atoms with Crippen LogP contribution in [-0.2, 0) is 4.74 Å². The summed E-state index contributed by atoms with van der Waals surface area (Å²) in [6, 6.07) is 3.15. The zero-order valence-corrected chi connectivity index (χ0v) is 14.6. The van der Waals surface area contributed by atoms with Crippen LogP contribution in [0.1, 0.15) is 26.3 Å². The van der Waals surface area contributed by atoms with Gasteiger partial charge in [-0.3, -0.25) is 10.1 Å². The molecule has 7 nitrogen and oxygen atoms in total. The fourth-order valence-electron chi connectivity index (χ4n) is 1.68. The second kappa shape index (κ2) is 7.44. The van der Waals surface area contributed by atoms with Gasteiger partial charge in [0.25, 0.3) is 5.69 Å². The lowest BCUT2D eigenvalue weighted by molar-refractivity contribution is -0.385. The molecule has 1 aromatic carbocycles. The van der Waals surface area contributed by atoms with Gasteiger partial charge in [-0.2, -0.15) is 0 Å². The first-order valence-electron chi connectivity index (χ1n) is 6.75. The number of nitro benzene ring substituents is 1. The predicted molar refractivity (Wildman–Crippen MR) is 88.3 cm³/mol. The molecule has 0 radical (unpaired) electrons. The van der Waals surface area contributed by atoms with E-state index in [1.807, 2.05) is 0 Å². The third-order valence-electron chi connectivity index (χ3n) is 2.59. The average molecular weight is 374 g/mol. The maximum absolute atomic E-state index is 11.5. The molecule has 0 spiro atoms. The van der Waals surface area contributed by atoms with Gasteiger partial charge in [0, 0.05) is 34.9 Å². The Hall–Kier alpha value is -1.83. The summed E-state index contributed by atoms with van der Waals surface area (Å²) in [7, 11) is 0. The molecule has 1 rings (SSSR count). The van der Waals surface area contributed by atoms with Crippen LogP contribution in [0, 0.1) is 17.0 Å². The smallest absolute Gasteiger partial charge is 0.407 e. The second-order valence-electron chi connectivity index (χ2n) is 5.73. The van der Waals surface area contributed by atoms with Gasteiger partial charge < -0.3 is 15.4 Å². The van der Waals surface area contributed by atoms with Crippen LogP contribution in [0.5, 0.6) is 0 Å². The highest BCUT2D eigenvalue weighted by molar-refractivity contribution is 9.10. The lowest BCUT2D eigenvalue weighted by atomic mass is 10.2. The maximum Gasteiger partial charge on any atom is 0.407 e. The van der Waals surface area contributed by atoms with E-state index in [0.717, 1.165) is 5.69 Å². The van der Waals surface area contributed by atoms with Gasteiger partial charge in [0.1, 0.15) is 5.60 Å². The van der Waals surface area contributed by atoms with Gasteiger partial charge in [0.2, 0.25) is 0 Å². The number of benzene rings is 1. The number of amides is 1. The lowest BCUT2D eigenvalue weighted by Gasteiger charge is -2.19. The number of carbonyl (C=O) groups excluding carboxylic acids is 1. The Morgan fingerprint density at radius 1 is 1.36 bits per heavy atom. The summed E-state index contributed by atoms with van der Waals surface area (Å²) in [5.74, 6) is 0. The summed E-state index contributed by atoms with van der Waals surface area (Å²) < 4.78 is 5.71. The topological polar surface area (TPSA) is 93.5 Å². The molecule has 0 heterocycles. The Labute approximate surface area is 137 Å². The number of nitrogens with one attached hydrogen (secondary N) is 2. The van der Waals surface area contributed by atoms with Crippen LogP contribution in [-0.4, -0.2) is 29.7 Å². The van der Waals surface area contributed by atoms with Gasteiger partial charge in [-0.25, -0.2) is 4.79 Å². The van der Waals surface area contributed by atoms with Crippen LogP contribution < -0.4 is 10.6 Å². The molecular formula is C14H20BrN3O4. The number of ether oxygens (including phenoxy) is 1. The Balaban J connectivity index is 2.51. The third kappa shape index (κ3) is 5.88. The van der Waals surface area contributed by atoms with Crippen LogP contribution in [0.4, 0.5) is 16.2 Å². The molecule has 2 N–H and O–H groups in total. The Kier molecular flexibility index (Phi) is 6.16. The van der Waals surface area contributed by atoms with E-state index in [1.165, 1.54) is 6.07 Å². The number of hydrogen-bond acceptors (Lipinski definition) is 5. The molecule has 0 saturated heterocycles. The molecule has 0 unspecified atom stereocenters. The Morgan fingerprint density at radius 3 is 2.55 bits per heavy atom. The lowest BCUT2D eigenvalue weighted by Crippen LogP contribution is -2.35. The molecule has 0 aliphatic rings. The van der Waals surface area contributed by atoms with Crippen molar-refractivity contribution >= 4 is 33.4 Å². The number of anilines is 1. The molecule has 0 aliphatic carbocycles. The summed E-state index contributed by atoms with van der Waals surface area (Å²) in [5.41, 5.74) is 0.824. The van der Waals surface area contributed by atoms with Crippen LogP contribution in [0.3, 0.4) is 0 Å². The van der Waals surface area contributed by atoms with Crippen molar-refractivity contribution < 1.29 is 14.5 Å². The van der Waals surface area contributed by atoms with E-state index in [2.05, 4.69) is 26.6 Å². The monoisotopic (exact) mass is 373 g/mol. The summed E-state index contributed by atoms with van der Waals surface area (Å²) >= 11 is 3.29. The zero-order valence-electron chi connectivity index (χ0n) is 13.0. The molecular weight excluding hydrogens is 354 g/mol. The number of alkyl carbamates (subject to hydrolysis) is 1. The third-order valence-corrected chi connectivity index (χ3v) is 3.25.